The average molecular weight is 401 g/mol. The first-order valence-electron chi connectivity index (χ1n) is 9.73. The van der Waals surface area contributed by atoms with Crippen molar-refractivity contribution in [2.24, 2.45) is 4.99 Å². The van der Waals surface area contributed by atoms with Crippen LogP contribution >= 0.6 is 11.6 Å². The Labute approximate surface area is 170 Å². The molecule has 1 aromatic carbocycles. The number of hydrogen-bond acceptors (Lipinski definition) is 5. The number of nitrogens with zero attached hydrogens (tertiary/aromatic N) is 5. The van der Waals surface area contributed by atoms with Crippen molar-refractivity contribution in [1.29, 1.82) is 0 Å². The molecular formula is C20H25ClN6O. The predicted molar refractivity (Wildman–Crippen MR) is 110 cm³/mol. The standard InChI is InChI=1S/C20H25ClN6O/c1-2-22-20(27-11-8-17(14-27)26-9-3-4-10-26)23-13-18-24-19(25-28-18)15-6-5-7-16(21)12-15/h3-7,12,17H,2,8-11,13-14H2,1H3,(H,22,23). The largest absolute Gasteiger partial charge is 0.357 e. The summed E-state index contributed by atoms with van der Waals surface area (Å²) in [5.41, 5.74) is 0.833. The summed E-state index contributed by atoms with van der Waals surface area (Å²) < 4.78 is 5.38. The van der Waals surface area contributed by atoms with Crippen LogP contribution in [0.15, 0.2) is 45.9 Å². The first-order valence-corrected chi connectivity index (χ1v) is 10.1. The number of halogens is 1. The Balaban J connectivity index is 1.41. The van der Waals surface area contributed by atoms with Crippen LogP contribution < -0.4 is 5.32 Å². The van der Waals surface area contributed by atoms with E-state index in [4.69, 9.17) is 21.1 Å². The number of hydrogen-bond donors (Lipinski definition) is 1. The second kappa shape index (κ2) is 8.75. The molecule has 8 heteroatoms. The molecule has 1 N–H and O–H groups in total. The highest BCUT2D eigenvalue weighted by atomic mass is 35.5. The molecule has 0 radical (unpaired) electrons. The van der Waals surface area contributed by atoms with E-state index in [2.05, 4.69) is 44.3 Å². The van der Waals surface area contributed by atoms with E-state index in [9.17, 15) is 0 Å². The third kappa shape index (κ3) is 4.36. The van der Waals surface area contributed by atoms with Gasteiger partial charge in [0.1, 0.15) is 6.54 Å². The van der Waals surface area contributed by atoms with Gasteiger partial charge in [-0.3, -0.25) is 4.90 Å². The summed E-state index contributed by atoms with van der Waals surface area (Å²) in [6, 6.07) is 8.00. The van der Waals surface area contributed by atoms with Crippen LogP contribution in [0, 0.1) is 0 Å². The lowest BCUT2D eigenvalue weighted by Crippen LogP contribution is -2.42. The lowest BCUT2D eigenvalue weighted by Gasteiger charge is -2.25. The molecule has 2 aliphatic heterocycles. The van der Waals surface area contributed by atoms with Crippen LogP contribution in [0.5, 0.6) is 0 Å². The molecule has 4 rings (SSSR count). The highest BCUT2D eigenvalue weighted by Gasteiger charge is 2.29. The Morgan fingerprint density at radius 2 is 2.21 bits per heavy atom. The fraction of sp³-hybridized carbons (Fsp3) is 0.450. The molecule has 7 nitrogen and oxygen atoms in total. The highest BCUT2D eigenvalue weighted by molar-refractivity contribution is 6.30. The lowest BCUT2D eigenvalue weighted by molar-refractivity contribution is 0.259. The van der Waals surface area contributed by atoms with Gasteiger partial charge in [-0.1, -0.05) is 41.0 Å². The summed E-state index contributed by atoms with van der Waals surface area (Å²) >= 11 is 6.04. The van der Waals surface area contributed by atoms with Gasteiger partial charge in [-0.25, -0.2) is 4.99 Å². The number of likely N-dealkylation sites (tertiary alicyclic amines) is 1. The topological polar surface area (TPSA) is 69.8 Å². The van der Waals surface area contributed by atoms with Crippen LogP contribution in [0.2, 0.25) is 5.02 Å². The summed E-state index contributed by atoms with van der Waals surface area (Å²) in [6.07, 6.45) is 5.65. The van der Waals surface area contributed by atoms with Gasteiger partial charge in [-0.05, 0) is 25.5 Å². The molecule has 28 heavy (non-hydrogen) atoms. The van der Waals surface area contributed by atoms with Crippen molar-refractivity contribution >= 4 is 17.6 Å². The molecule has 0 bridgehead atoms. The van der Waals surface area contributed by atoms with E-state index < -0.39 is 0 Å². The lowest BCUT2D eigenvalue weighted by atomic mass is 10.2. The van der Waals surface area contributed by atoms with Crippen molar-refractivity contribution < 1.29 is 4.52 Å². The minimum absolute atomic E-state index is 0.350. The molecule has 1 aromatic heterocycles. The molecule has 0 amide bonds. The van der Waals surface area contributed by atoms with E-state index in [0.29, 0.717) is 29.3 Å². The molecule has 1 atom stereocenters. The van der Waals surface area contributed by atoms with Gasteiger partial charge in [0.05, 0.1) is 0 Å². The minimum Gasteiger partial charge on any atom is -0.357 e. The maximum Gasteiger partial charge on any atom is 0.248 e. The van der Waals surface area contributed by atoms with E-state index in [0.717, 1.165) is 50.7 Å². The Bertz CT molecular complexity index is 856. The predicted octanol–water partition coefficient (Wildman–Crippen LogP) is 2.80. The number of nitrogens with one attached hydrogen (secondary N) is 1. The van der Waals surface area contributed by atoms with Gasteiger partial charge in [0.2, 0.25) is 11.7 Å². The van der Waals surface area contributed by atoms with Crippen molar-refractivity contribution in [1.82, 2.24) is 25.3 Å². The first kappa shape index (κ1) is 19.0. The summed E-state index contributed by atoms with van der Waals surface area (Å²) in [5, 5.41) is 8.08. The van der Waals surface area contributed by atoms with Crippen molar-refractivity contribution in [3.8, 4) is 11.4 Å². The monoisotopic (exact) mass is 400 g/mol. The fourth-order valence-corrected chi connectivity index (χ4v) is 3.85. The second-order valence-electron chi connectivity index (χ2n) is 7.01. The van der Waals surface area contributed by atoms with E-state index in [1.165, 1.54) is 0 Å². The van der Waals surface area contributed by atoms with Gasteiger partial charge in [0.15, 0.2) is 5.96 Å². The maximum atomic E-state index is 6.04. The van der Waals surface area contributed by atoms with Crippen molar-refractivity contribution in [3.63, 3.8) is 0 Å². The van der Waals surface area contributed by atoms with E-state index in [1.54, 1.807) is 0 Å². The zero-order valence-electron chi connectivity index (χ0n) is 16.0. The third-order valence-corrected chi connectivity index (χ3v) is 5.31. The molecule has 0 spiro atoms. The van der Waals surface area contributed by atoms with Gasteiger partial charge in [0.25, 0.3) is 0 Å². The summed E-state index contributed by atoms with van der Waals surface area (Å²) in [6.45, 7) is 7.36. The number of aliphatic imine (C=N–C) groups is 1. The maximum absolute atomic E-state index is 6.04. The number of aromatic nitrogens is 2. The first-order chi connectivity index (χ1) is 13.7. The molecule has 2 aliphatic rings. The summed E-state index contributed by atoms with van der Waals surface area (Å²) in [7, 11) is 0. The van der Waals surface area contributed by atoms with E-state index in [-0.39, 0.29) is 0 Å². The number of rotatable bonds is 5. The van der Waals surface area contributed by atoms with Crippen LogP contribution in [0.4, 0.5) is 0 Å². The Kier molecular flexibility index (Phi) is 5.92. The molecule has 148 valence electrons. The van der Waals surface area contributed by atoms with Gasteiger partial charge in [-0.2, -0.15) is 4.98 Å². The van der Waals surface area contributed by atoms with E-state index >= 15 is 0 Å². The Morgan fingerprint density at radius 3 is 3.00 bits per heavy atom. The smallest absolute Gasteiger partial charge is 0.248 e. The van der Waals surface area contributed by atoms with Gasteiger partial charge in [0, 0.05) is 49.4 Å². The van der Waals surface area contributed by atoms with E-state index in [1.807, 2.05) is 24.3 Å². The molecular weight excluding hydrogens is 376 g/mol. The zero-order valence-corrected chi connectivity index (χ0v) is 16.8. The SMILES string of the molecule is CCNC(=NCc1nc(-c2cccc(Cl)c2)no1)N1CCC(N2CC=CC2)C1. The molecule has 1 unspecified atom stereocenters. The molecule has 1 fully saturated rings. The van der Waals surface area contributed by atoms with Crippen molar-refractivity contribution in [2.45, 2.75) is 25.9 Å². The van der Waals surface area contributed by atoms with Gasteiger partial charge >= 0.3 is 0 Å². The second-order valence-corrected chi connectivity index (χ2v) is 7.44. The molecule has 3 heterocycles. The Hall–Kier alpha value is -2.38. The molecule has 1 saturated heterocycles. The molecule has 0 aliphatic carbocycles. The quantitative estimate of drug-likeness (QED) is 0.473. The van der Waals surface area contributed by atoms with Crippen LogP contribution in [-0.2, 0) is 6.54 Å². The van der Waals surface area contributed by atoms with Crippen LogP contribution in [0.1, 0.15) is 19.2 Å². The van der Waals surface area contributed by atoms with Crippen LogP contribution in [0.25, 0.3) is 11.4 Å². The number of benzene rings is 1. The molecule has 2 aromatic rings. The van der Waals surface area contributed by atoms with Crippen molar-refractivity contribution in [2.75, 3.05) is 32.7 Å². The van der Waals surface area contributed by atoms with Gasteiger partial charge in [-0.15, -0.1) is 0 Å². The van der Waals surface area contributed by atoms with Crippen LogP contribution in [-0.4, -0.2) is 64.7 Å². The fourth-order valence-electron chi connectivity index (χ4n) is 3.66. The summed E-state index contributed by atoms with van der Waals surface area (Å²) in [4.78, 5) is 14.0. The van der Waals surface area contributed by atoms with Crippen molar-refractivity contribution in [3.05, 3.63) is 47.3 Å². The highest BCUT2D eigenvalue weighted by Crippen LogP contribution is 2.21. The summed E-state index contributed by atoms with van der Waals surface area (Å²) in [5.74, 6) is 1.92. The minimum atomic E-state index is 0.350. The van der Waals surface area contributed by atoms with Crippen LogP contribution in [0.3, 0.4) is 0 Å². The third-order valence-electron chi connectivity index (χ3n) is 5.08. The van der Waals surface area contributed by atoms with Gasteiger partial charge < -0.3 is 14.7 Å². The molecule has 0 saturated carbocycles. The Morgan fingerprint density at radius 1 is 1.36 bits per heavy atom. The normalized spacial score (nSPS) is 20.3. The number of guanidine groups is 1. The average Bonchev–Trinajstić information content (AvgIpc) is 3.46. The zero-order chi connectivity index (χ0) is 19.3.